The maximum Gasteiger partial charge on any atom is 0.150 e. The zero-order valence-corrected chi connectivity index (χ0v) is 7.85. The SMILES string of the molecule is Nc1cc(F)ccc1Oc1cccnc1. The first-order valence-electron chi connectivity index (χ1n) is 4.38. The summed E-state index contributed by atoms with van der Waals surface area (Å²) >= 11 is 0. The van der Waals surface area contributed by atoms with Crippen LogP contribution in [0.5, 0.6) is 11.5 Å². The van der Waals surface area contributed by atoms with E-state index in [2.05, 4.69) is 4.98 Å². The van der Waals surface area contributed by atoms with Crippen molar-refractivity contribution < 1.29 is 9.13 Å². The van der Waals surface area contributed by atoms with E-state index in [9.17, 15) is 4.39 Å². The van der Waals surface area contributed by atoms with Crippen molar-refractivity contribution in [1.82, 2.24) is 4.98 Å². The van der Waals surface area contributed by atoms with Gasteiger partial charge in [0.05, 0.1) is 11.9 Å². The Labute approximate surface area is 86.3 Å². The first kappa shape index (κ1) is 9.45. The summed E-state index contributed by atoms with van der Waals surface area (Å²) in [5, 5.41) is 0. The number of ether oxygens (including phenoxy) is 1. The Hall–Kier alpha value is -2.10. The third-order valence-corrected chi connectivity index (χ3v) is 1.83. The molecule has 0 aliphatic heterocycles. The fraction of sp³-hybridized carbons (Fsp3) is 0. The van der Waals surface area contributed by atoms with Crippen LogP contribution in [0.25, 0.3) is 0 Å². The molecule has 3 nitrogen and oxygen atoms in total. The number of halogens is 1. The molecule has 1 aromatic heterocycles. The summed E-state index contributed by atoms with van der Waals surface area (Å²) in [5.41, 5.74) is 5.85. The molecule has 0 aliphatic carbocycles. The van der Waals surface area contributed by atoms with Gasteiger partial charge in [-0.05, 0) is 24.3 Å². The molecule has 2 aromatic rings. The molecule has 0 aliphatic rings. The Bertz CT molecular complexity index is 459. The fourth-order valence-corrected chi connectivity index (χ4v) is 1.15. The molecule has 0 radical (unpaired) electrons. The van der Waals surface area contributed by atoms with Crippen LogP contribution in [0.1, 0.15) is 0 Å². The van der Waals surface area contributed by atoms with Crippen LogP contribution in [0, 0.1) is 5.82 Å². The molecule has 1 heterocycles. The second kappa shape index (κ2) is 3.96. The lowest BCUT2D eigenvalue weighted by Crippen LogP contribution is -1.93. The van der Waals surface area contributed by atoms with Gasteiger partial charge in [-0.2, -0.15) is 0 Å². The Morgan fingerprint density at radius 3 is 2.80 bits per heavy atom. The summed E-state index contributed by atoms with van der Waals surface area (Å²) in [6.07, 6.45) is 3.20. The van der Waals surface area contributed by atoms with E-state index in [0.29, 0.717) is 11.5 Å². The highest BCUT2D eigenvalue weighted by atomic mass is 19.1. The van der Waals surface area contributed by atoms with Gasteiger partial charge in [0.25, 0.3) is 0 Å². The molecule has 0 spiro atoms. The topological polar surface area (TPSA) is 48.1 Å². The van der Waals surface area contributed by atoms with E-state index in [1.165, 1.54) is 18.2 Å². The van der Waals surface area contributed by atoms with Crippen LogP contribution in [0.15, 0.2) is 42.7 Å². The molecule has 0 bridgehead atoms. The fourth-order valence-electron chi connectivity index (χ4n) is 1.15. The third-order valence-electron chi connectivity index (χ3n) is 1.83. The van der Waals surface area contributed by atoms with Crippen molar-refractivity contribution >= 4 is 5.69 Å². The van der Waals surface area contributed by atoms with Gasteiger partial charge in [-0.3, -0.25) is 4.98 Å². The number of nitrogens with two attached hydrogens (primary N) is 1. The molecule has 0 unspecified atom stereocenters. The van der Waals surface area contributed by atoms with E-state index in [0.717, 1.165) is 0 Å². The molecule has 2 rings (SSSR count). The zero-order chi connectivity index (χ0) is 10.7. The number of nitrogens with zero attached hydrogens (tertiary/aromatic N) is 1. The van der Waals surface area contributed by atoms with Crippen LogP contribution < -0.4 is 10.5 Å². The monoisotopic (exact) mass is 204 g/mol. The molecule has 1 aromatic carbocycles. The highest BCUT2D eigenvalue weighted by Gasteiger charge is 2.02. The van der Waals surface area contributed by atoms with E-state index >= 15 is 0 Å². The van der Waals surface area contributed by atoms with Gasteiger partial charge in [0.2, 0.25) is 0 Å². The average molecular weight is 204 g/mol. The van der Waals surface area contributed by atoms with Gasteiger partial charge in [0.1, 0.15) is 11.6 Å². The second-order valence-electron chi connectivity index (χ2n) is 2.97. The van der Waals surface area contributed by atoms with Crippen LogP contribution in [0.4, 0.5) is 10.1 Å². The van der Waals surface area contributed by atoms with Crippen molar-refractivity contribution in [2.24, 2.45) is 0 Å². The van der Waals surface area contributed by atoms with Crippen molar-refractivity contribution in [2.45, 2.75) is 0 Å². The molecule has 4 heteroatoms. The first-order chi connectivity index (χ1) is 7.25. The van der Waals surface area contributed by atoms with Gasteiger partial charge in [-0.1, -0.05) is 0 Å². The molecule has 0 saturated carbocycles. The van der Waals surface area contributed by atoms with Crippen molar-refractivity contribution in [1.29, 1.82) is 0 Å². The lowest BCUT2D eigenvalue weighted by Gasteiger charge is -2.07. The second-order valence-corrected chi connectivity index (χ2v) is 2.97. The minimum atomic E-state index is -0.383. The normalized spacial score (nSPS) is 9.93. The largest absolute Gasteiger partial charge is 0.454 e. The van der Waals surface area contributed by atoms with Gasteiger partial charge < -0.3 is 10.5 Å². The summed E-state index contributed by atoms with van der Waals surface area (Å²) in [6.45, 7) is 0. The molecule has 0 fully saturated rings. The summed E-state index contributed by atoms with van der Waals surface area (Å²) in [5.74, 6) is 0.603. The van der Waals surface area contributed by atoms with Crippen LogP contribution in [0.3, 0.4) is 0 Å². The Morgan fingerprint density at radius 2 is 2.13 bits per heavy atom. The van der Waals surface area contributed by atoms with E-state index < -0.39 is 0 Å². The maximum atomic E-state index is 12.7. The molecule has 0 amide bonds. The van der Waals surface area contributed by atoms with Gasteiger partial charge in [0, 0.05) is 12.3 Å². The highest BCUT2D eigenvalue weighted by Crippen LogP contribution is 2.26. The lowest BCUT2D eigenvalue weighted by molar-refractivity contribution is 0.481. The molecule has 0 saturated heterocycles. The van der Waals surface area contributed by atoms with E-state index in [-0.39, 0.29) is 11.5 Å². The smallest absolute Gasteiger partial charge is 0.150 e. The van der Waals surface area contributed by atoms with Crippen LogP contribution in [-0.2, 0) is 0 Å². The maximum absolute atomic E-state index is 12.7. The van der Waals surface area contributed by atoms with Crippen molar-refractivity contribution in [3.63, 3.8) is 0 Å². The third kappa shape index (κ3) is 2.22. The van der Waals surface area contributed by atoms with Crippen molar-refractivity contribution in [2.75, 3.05) is 5.73 Å². The summed E-state index contributed by atoms with van der Waals surface area (Å²) < 4.78 is 18.1. The predicted octanol–water partition coefficient (Wildman–Crippen LogP) is 2.60. The van der Waals surface area contributed by atoms with E-state index in [1.807, 2.05) is 0 Å². The number of anilines is 1. The minimum absolute atomic E-state index is 0.263. The van der Waals surface area contributed by atoms with E-state index in [4.69, 9.17) is 10.5 Å². The highest BCUT2D eigenvalue weighted by molar-refractivity contribution is 5.53. The zero-order valence-electron chi connectivity index (χ0n) is 7.85. The average Bonchev–Trinajstić information content (AvgIpc) is 2.24. The summed E-state index contributed by atoms with van der Waals surface area (Å²) in [4.78, 5) is 3.89. The standard InChI is InChI=1S/C11H9FN2O/c12-8-3-4-11(10(13)6-8)15-9-2-1-5-14-7-9/h1-7H,13H2. The van der Waals surface area contributed by atoms with Gasteiger partial charge in [-0.15, -0.1) is 0 Å². The number of hydrogen-bond acceptors (Lipinski definition) is 3. The van der Waals surface area contributed by atoms with Crippen LogP contribution >= 0.6 is 0 Å². The molecular formula is C11H9FN2O. The molecule has 15 heavy (non-hydrogen) atoms. The first-order valence-corrected chi connectivity index (χ1v) is 4.38. The number of rotatable bonds is 2. The molecular weight excluding hydrogens is 195 g/mol. The number of benzene rings is 1. The molecule has 2 N–H and O–H groups in total. The lowest BCUT2D eigenvalue weighted by atomic mass is 10.3. The number of hydrogen-bond donors (Lipinski definition) is 1. The number of pyridine rings is 1. The summed E-state index contributed by atoms with van der Waals surface area (Å²) in [7, 11) is 0. The predicted molar refractivity (Wildman–Crippen MR) is 55.1 cm³/mol. The quantitative estimate of drug-likeness (QED) is 0.765. The van der Waals surface area contributed by atoms with Gasteiger partial charge in [-0.25, -0.2) is 4.39 Å². The number of aromatic nitrogens is 1. The van der Waals surface area contributed by atoms with Crippen LogP contribution in [-0.4, -0.2) is 4.98 Å². The van der Waals surface area contributed by atoms with Gasteiger partial charge in [0.15, 0.2) is 5.75 Å². The molecule has 76 valence electrons. The van der Waals surface area contributed by atoms with Crippen molar-refractivity contribution in [3.8, 4) is 11.5 Å². The minimum Gasteiger partial charge on any atom is -0.454 e. The molecule has 0 atom stereocenters. The van der Waals surface area contributed by atoms with Gasteiger partial charge >= 0.3 is 0 Å². The van der Waals surface area contributed by atoms with Crippen molar-refractivity contribution in [3.05, 3.63) is 48.5 Å². The Morgan fingerprint density at radius 1 is 1.27 bits per heavy atom. The Kier molecular flexibility index (Phi) is 2.49. The van der Waals surface area contributed by atoms with E-state index in [1.54, 1.807) is 24.5 Å². The Balaban J connectivity index is 2.25. The van der Waals surface area contributed by atoms with Crippen LogP contribution in [0.2, 0.25) is 0 Å². The summed E-state index contributed by atoms with van der Waals surface area (Å²) in [6, 6.07) is 7.48. The number of nitrogen functional groups attached to an aromatic ring is 1.